The first-order valence-corrected chi connectivity index (χ1v) is 9.02. The van der Waals surface area contributed by atoms with Crippen molar-refractivity contribution in [3.8, 4) is 6.07 Å². The van der Waals surface area contributed by atoms with Crippen LogP contribution in [0.25, 0.3) is 0 Å². The Morgan fingerprint density at radius 1 is 1.37 bits per heavy atom. The van der Waals surface area contributed by atoms with Gasteiger partial charge in [-0.1, -0.05) is 26.0 Å². The highest BCUT2D eigenvalue weighted by molar-refractivity contribution is 5.79. The van der Waals surface area contributed by atoms with E-state index >= 15 is 0 Å². The molecule has 0 radical (unpaired) electrons. The van der Waals surface area contributed by atoms with E-state index in [1.807, 2.05) is 30.9 Å². The van der Waals surface area contributed by atoms with E-state index in [-0.39, 0.29) is 35.8 Å². The first kappa shape index (κ1) is 18.8. The van der Waals surface area contributed by atoms with Gasteiger partial charge >= 0.3 is 0 Å². The lowest BCUT2D eigenvalue weighted by Gasteiger charge is -2.17. The Kier molecular flexibility index (Phi) is 5.65. The smallest absolute Gasteiger partial charge is 0.224 e. The number of benzene rings is 1. The van der Waals surface area contributed by atoms with Gasteiger partial charge in [0.2, 0.25) is 5.91 Å². The van der Waals surface area contributed by atoms with Crippen LogP contribution in [0.4, 0.5) is 10.2 Å². The van der Waals surface area contributed by atoms with Crippen molar-refractivity contribution in [2.24, 2.45) is 0 Å². The third kappa shape index (κ3) is 4.59. The molecule has 1 atom stereocenters. The van der Waals surface area contributed by atoms with Crippen molar-refractivity contribution in [2.45, 2.75) is 38.6 Å². The monoisotopic (exact) mass is 367 g/mol. The Morgan fingerprint density at radius 3 is 2.81 bits per heavy atom. The van der Waals surface area contributed by atoms with E-state index in [1.165, 1.54) is 6.07 Å². The third-order valence-electron chi connectivity index (χ3n) is 4.69. The highest BCUT2D eigenvalue weighted by atomic mass is 19.1. The number of aromatic nitrogens is 2. The minimum absolute atomic E-state index is 0.00901. The zero-order valence-corrected chi connectivity index (χ0v) is 15.4. The standard InChI is InChI=1S/C20H22FN5O/c1-13(2)17-5-3-14(9-18(17)21)10-20(27)23-16-7-8-26(12-16)19-6-4-15(11-22)24-25-19/h3-6,9,13,16H,7-8,10,12H2,1-2H3,(H,23,27). The fraction of sp³-hybridized carbons (Fsp3) is 0.400. The highest BCUT2D eigenvalue weighted by Gasteiger charge is 2.25. The number of carbonyl (C=O) groups is 1. The van der Waals surface area contributed by atoms with Crippen molar-refractivity contribution in [2.75, 3.05) is 18.0 Å². The maximum Gasteiger partial charge on any atom is 0.224 e. The molecule has 2 heterocycles. The van der Waals surface area contributed by atoms with Crippen LogP contribution in [0.3, 0.4) is 0 Å². The van der Waals surface area contributed by atoms with E-state index in [9.17, 15) is 9.18 Å². The molecule has 2 aromatic rings. The van der Waals surface area contributed by atoms with Crippen molar-refractivity contribution in [1.29, 1.82) is 5.26 Å². The van der Waals surface area contributed by atoms with E-state index in [2.05, 4.69) is 15.5 Å². The van der Waals surface area contributed by atoms with E-state index in [1.54, 1.807) is 18.2 Å². The summed E-state index contributed by atoms with van der Waals surface area (Å²) >= 11 is 0. The van der Waals surface area contributed by atoms with E-state index < -0.39 is 0 Å². The SMILES string of the molecule is CC(C)c1ccc(CC(=O)NC2CCN(c3ccc(C#N)nn3)C2)cc1F. The zero-order valence-electron chi connectivity index (χ0n) is 15.4. The lowest BCUT2D eigenvalue weighted by atomic mass is 10.00. The van der Waals surface area contributed by atoms with Gasteiger partial charge in [0.25, 0.3) is 0 Å². The number of nitriles is 1. The van der Waals surface area contributed by atoms with Gasteiger partial charge in [0.05, 0.1) is 6.42 Å². The molecule has 140 valence electrons. The summed E-state index contributed by atoms with van der Waals surface area (Å²) in [5.74, 6) is 0.422. The number of nitrogens with one attached hydrogen (secondary N) is 1. The fourth-order valence-electron chi connectivity index (χ4n) is 3.25. The predicted molar refractivity (Wildman–Crippen MR) is 99.7 cm³/mol. The lowest BCUT2D eigenvalue weighted by Crippen LogP contribution is -2.38. The first-order chi connectivity index (χ1) is 13.0. The Bertz CT molecular complexity index is 860. The van der Waals surface area contributed by atoms with Crippen LogP contribution in [0.1, 0.15) is 43.0 Å². The molecular weight excluding hydrogens is 345 g/mol. The molecule has 0 spiro atoms. The maximum absolute atomic E-state index is 14.1. The van der Waals surface area contributed by atoms with Crippen LogP contribution in [-0.2, 0) is 11.2 Å². The molecule has 6 nitrogen and oxygen atoms in total. The molecule has 1 aliphatic rings. The van der Waals surface area contributed by atoms with Crippen LogP contribution in [-0.4, -0.2) is 35.2 Å². The van der Waals surface area contributed by atoms with Crippen molar-refractivity contribution < 1.29 is 9.18 Å². The van der Waals surface area contributed by atoms with Gasteiger partial charge in [-0.05, 0) is 41.7 Å². The molecule has 7 heteroatoms. The van der Waals surface area contributed by atoms with Crippen molar-refractivity contribution >= 4 is 11.7 Å². The number of amides is 1. The molecule has 3 rings (SSSR count). The Labute approximate surface area is 158 Å². The van der Waals surface area contributed by atoms with Crippen LogP contribution in [0.15, 0.2) is 30.3 Å². The molecule has 0 saturated carbocycles. The summed E-state index contributed by atoms with van der Waals surface area (Å²) in [7, 11) is 0. The minimum atomic E-state index is -0.262. The average Bonchev–Trinajstić information content (AvgIpc) is 3.09. The van der Waals surface area contributed by atoms with Gasteiger partial charge in [0.15, 0.2) is 11.5 Å². The summed E-state index contributed by atoms with van der Waals surface area (Å²) in [4.78, 5) is 14.3. The van der Waals surface area contributed by atoms with Crippen LogP contribution >= 0.6 is 0 Å². The van der Waals surface area contributed by atoms with Gasteiger partial charge in [-0.3, -0.25) is 4.79 Å². The van der Waals surface area contributed by atoms with Crippen LogP contribution in [0.5, 0.6) is 0 Å². The molecule has 1 aliphatic heterocycles. The highest BCUT2D eigenvalue weighted by Crippen LogP contribution is 2.20. The third-order valence-corrected chi connectivity index (χ3v) is 4.69. The summed E-state index contributed by atoms with van der Waals surface area (Å²) in [5.41, 5.74) is 1.61. The predicted octanol–water partition coefficient (Wildman–Crippen LogP) is 2.55. The molecule has 0 bridgehead atoms. The summed E-state index contributed by atoms with van der Waals surface area (Å²) in [6.45, 7) is 5.26. The molecular formula is C20H22FN5O. The van der Waals surface area contributed by atoms with E-state index in [4.69, 9.17) is 5.26 Å². The maximum atomic E-state index is 14.1. The van der Waals surface area contributed by atoms with Crippen molar-refractivity contribution in [1.82, 2.24) is 15.5 Å². The second-order valence-corrected chi connectivity index (χ2v) is 7.08. The summed E-state index contributed by atoms with van der Waals surface area (Å²) in [6, 6.07) is 10.3. The molecule has 1 amide bonds. The zero-order chi connectivity index (χ0) is 19.4. The molecule has 1 aromatic heterocycles. The normalized spacial score (nSPS) is 16.4. The number of anilines is 1. The van der Waals surface area contributed by atoms with Gasteiger partial charge < -0.3 is 10.2 Å². The fourth-order valence-corrected chi connectivity index (χ4v) is 3.25. The van der Waals surface area contributed by atoms with E-state index in [0.29, 0.717) is 23.5 Å². The summed E-state index contributed by atoms with van der Waals surface area (Å²) in [6.07, 6.45) is 0.955. The van der Waals surface area contributed by atoms with Gasteiger partial charge in [0, 0.05) is 19.1 Å². The largest absolute Gasteiger partial charge is 0.353 e. The molecule has 27 heavy (non-hydrogen) atoms. The molecule has 1 aromatic carbocycles. The van der Waals surface area contributed by atoms with Crippen molar-refractivity contribution in [3.05, 3.63) is 53.0 Å². The molecule has 1 unspecified atom stereocenters. The second-order valence-electron chi connectivity index (χ2n) is 7.08. The van der Waals surface area contributed by atoms with Crippen LogP contribution in [0.2, 0.25) is 0 Å². The Balaban J connectivity index is 1.54. The Hall–Kier alpha value is -3.01. The Morgan fingerprint density at radius 2 is 2.19 bits per heavy atom. The molecule has 1 N–H and O–H groups in total. The van der Waals surface area contributed by atoms with Gasteiger partial charge in [-0.2, -0.15) is 5.26 Å². The van der Waals surface area contributed by atoms with Gasteiger partial charge in [-0.25, -0.2) is 4.39 Å². The number of halogens is 1. The number of hydrogen-bond acceptors (Lipinski definition) is 5. The number of hydrogen-bond donors (Lipinski definition) is 1. The average molecular weight is 367 g/mol. The van der Waals surface area contributed by atoms with Crippen molar-refractivity contribution in [3.63, 3.8) is 0 Å². The number of rotatable bonds is 5. The first-order valence-electron chi connectivity index (χ1n) is 9.02. The summed E-state index contributed by atoms with van der Waals surface area (Å²) in [5, 5.41) is 19.7. The molecule has 1 saturated heterocycles. The van der Waals surface area contributed by atoms with Crippen LogP contribution in [0, 0.1) is 17.1 Å². The lowest BCUT2D eigenvalue weighted by molar-refractivity contribution is -0.121. The second kappa shape index (κ2) is 8.12. The number of carbonyl (C=O) groups excluding carboxylic acids is 1. The van der Waals surface area contributed by atoms with Gasteiger partial charge in [-0.15, -0.1) is 10.2 Å². The topological polar surface area (TPSA) is 81.9 Å². The minimum Gasteiger partial charge on any atom is -0.353 e. The van der Waals surface area contributed by atoms with Gasteiger partial charge in [0.1, 0.15) is 11.9 Å². The number of nitrogens with zero attached hydrogens (tertiary/aromatic N) is 4. The molecule has 1 fully saturated rings. The van der Waals surface area contributed by atoms with Crippen LogP contribution < -0.4 is 10.2 Å². The molecule has 0 aliphatic carbocycles. The summed E-state index contributed by atoms with van der Waals surface area (Å²) < 4.78 is 14.1. The van der Waals surface area contributed by atoms with E-state index in [0.717, 1.165) is 13.0 Å². The quantitative estimate of drug-likeness (QED) is 0.878.